The van der Waals surface area contributed by atoms with Crippen LogP contribution in [0.4, 0.5) is 5.88 Å². The van der Waals surface area contributed by atoms with E-state index in [1.165, 1.54) is 6.08 Å². The van der Waals surface area contributed by atoms with Crippen molar-refractivity contribution in [2.45, 2.75) is 6.92 Å². The highest BCUT2D eigenvalue weighted by Crippen LogP contribution is 2.16. The molecule has 1 aromatic rings. The fourth-order valence-corrected chi connectivity index (χ4v) is 1.01. The second-order valence-corrected chi connectivity index (χ2v) is 3.16. The van der Waals surface area contributed by atoms with E-state index < -0.39 is 0 Å². The van der Waals surface area contributed by atoms with Gasteiger partial charge in [-0.3, -0.25) is 0 Å². The van der Waals surface area contributed by atoms with Gasteiger partial charge in [0.15, 0.2) is 5.88 Å². The molecule has 0 N–H and O–H groups in total. The van der Waals surface area contributed by atoms with Crippen molar-refractivity contribution in [2.75, 3.05) is 25.6 Å². The minimum Gasteiger partial charge on any atom is -0.463 e. The van der Waals surface area contributed by atoms with E-state index in [0.717, 1.165) is 5.88 Å². The summed E-state index contributed by atoms with van der Waals surface area (Å²) in [6, 6.07) is 3.63. The Morgan fingerprint density at radius 1 is 1.53 bits per heavy atom. The van der Waals surface area contributed by atoms with Gasteiger partial charge in [0.1, 0.15) is 5.76 Å². The number of carbonyl (C=O) groups is 1. The number of rotatable bonds is 4. The molecule has 0 aliphatic carbocycles. The van der Waals surface area contributed by atoms with Crippen LogP contribution in [0.2, 0.25) is 0 Å². The molecule has 0 spiro atoms. The molecule has 0 unspecified atom stereocenters. The van der Waals surface area contributed by atoms with Crippen LogP contribution in [0.25, 0.3) is 6.08 Å². The van der Waals surface area contributed by atoms with Gasteiger partial charge in [0.25, 0.3) is 0 Å². The molecule has 0 aliphatic rings. The second-order valence-electron chi connectivity index (χ2n) is 3.16. The topological polar surface area (TPSA) is 42.7 Å². The van der Waals surface area contributed by atoms with Crippen LogP contribution in [-0.2, 0) is 9.53 Å². The van der Waals surface area contributed by atoms with Crippen molar-refractivity contribution < 1.29 is 13.9 Å². The van der Waals surface area contributed by atoms with E-state index >= 15 is 0 Å². The summed E-state index contributed by atoms with van der Waals surface area (Å²) in [5.74, 6) is 1.02. The van der Waals surface area contributed by atoms with Crippen molar-refractivity contribution in [3.05, 3.63) is 24.0 Å². The molecule has 0 fully saturated rings. The first kappa shape index (κ1) is 11.4. The van der Waals surface area contributed by atoms with Crippen LogP contribution in [0.15, 0.2) is 22.6 Å². The van der Waals surface area contributed by atoms with Gasteiger partial charge in [0.2, 0.25) is 0 Å². The van der Waals surface area contributed by atoms with E-state index in [-0.39, 0.29) is 5.97 Å². The fourth-order valence-electron chi connectivity index (χ4n) is 1.01. The van der Waals surface area contributed by atoms with E-state index in [4.69, 9.17) is 9.15 Å². The van der Waals surface area contributed by atoms with Crippen molar-refractivity contribution in [1.82, 2.24) is 0 Å². The molecule has 4 nitrogen and oxygen atoms in total. The van der Waals surface area contributed by atoms with Crippen molar-refractivity contribution >= 4 is 17.9 Å². The van der Waals surface area contributed by atoms with E-state index in [1.807, 2.05) is 25.1 Å². The van der Waals surface area contributed by atoms with Crippen LogP contribution in [0.5, 0.6) is 0 Å². The van der Waals surface area contributed by atoms with Crippen molar-refractivity contribution in [3.63, 3.8) is 0 Å². The maximum atomic E-state index is 11.0. The molecule has 0 saturated carbocycles. The lowest BCUT2D eigenvalue weighted by Crippen LogP contribution is -2.06. The molecule has 1 rings (SSSR count). The minimum absolute atomic E-state index is 0.361. The summed E-state index contributed by atoms with van der Waals surface area (Å²) in [7, 11) is 3.77. The third kappa shape index (κ3) is 3.50. The first-order chi connectivity index (χ1) is 7.13. The largest absolute Gasteiger partial charge is 0.463 e. The third-order valence-electron chi connectivity index (χ3n) is 1.72. The van der Waals surface area contributed by atoms with Crippen LogP contribution < -0.4 is 4.90 Å². The highest BCUT2D eigenvalue weighted by atomic mass is 16.5. The monoisotopic (exact) mass is 209 g/mol. The van der Waals surface area contributed by atoms with Crippen LogP contribution >= 0.6 is 0 Å². The Morgan fingerprint density at radius 2 is 2.27 bits per heavy atom. The molecule has 0 aromatic carbocycles. The molecule has 1 aromatic heterocycles. The minimum atomic E-state index is -0.361. The first-order valence-electron chi connectivity index (χ1n) is 4.75. The Bertz CT molecular complexity index is 352. The van der Waals surface area contributed by atoms with Gasteiger partial charge < -0.3 is 14.1 Å². The number of hydrogen-bond acceptors (Lipinski definition) is 4. The van der Waals surface area contributed by atoms with Gasteiger partial charge >= 0.3 is 5.97 Å². The molecule has 1 heterocycles. The van der Waals surface area contributed by atoms with Crippen LogP contribution in [0.3, 0.4) is 0 Å². The molecule has 15 heavy (non-hydrogen) atoms. The summed E-state index contributed by atoms with van der Waals surface area (Å²) in [4.78, 5) is 12.8. The summed E-state index contributed by atoms with van der Waals surface area (Å²) in [6.07, 6.45) is 2.94. The molecule has 4 heteroatoms. The number of nitrogens with zero attached hydrogens (tertiary/aromatic N) is 1. The molecule has 0 atom stereocenters. The number of hydrogen-bond donors (Lipinski definition) is 0. The number of anilines is 1. The van der Waals surface area contributed by atoms with Crippen molar-refractivity contribution in [2.24, 2.45) is 0 Å². The summed E-state index contributed by atoms with van der Waals surface area (Å²) < 4.78 is 10.1. The fraction of sp³-hybridized carbons (Fsp3) is 0.364. The Hall–Kier alpha value is -1.71. The van der Waals surface area contributed by atoms with Gasteiger partial charge in [-0.1, -0.05) is 0 Å². The molecular formula is C11H15NO3. The zero-order valence-corrected chi connectivity index (χ0v) is 9.19. The average Bonchev–Trinajstić information content (AvgIpc) is 2.63. The number of ether oxygens (including phenoxy) is 1. The molecule has 0 aliphatic heterocycles. The first-order valence-corrected chi connectivity index (χ1v) is 4.75. The van der Waals surface area contributed by atoms with Gasteiger partial charge in [-0.2, -0.15) is 0 Å². The lowest BCUT2D eigenvalue weighted by atomic mass is 10.4. The van der Waals surface area contributed by atoms with E-state index in [1.54, 1.807) is 19.1 Å². The Labute approximate surface area is 89.1 Å². The second kappa shape index (κ2) is 5.24. The van der Waals surface area contributed by atoms with Gasteiger partial charge in [-0.15, -0.1) is 0 Å². The van der Waals surface area contributed by atoms with Gasteiger partial charge in [-0.05, 0) is 19.1 Å². The Kier molecular flexibility index (Phi) is 3.97. The predicted octanol–water partition coefficient (Wildman–Crippen LogP) is 1.92. The molecule has 0 amide bonds. The number of carbonyl (C=O) groups excluding carboxylic acids is 1. The van der Waals surface area contributed by atoms with E-state index in [0.29, 0.717) is 12.4 Å². The summed E-state index contributed by atoms with van der Waals surface area (Å²) in [6.45, 7) is 2.15. The maximum Gasteiger partial charge on any atom is 0.330 e. The molecule has 0 bridgehead atoms. The lowest BCUT2D eigenvalue weighted by molar-refractivity contribution is -0.137. The van der Waals surface area contributed by atoms with Gasteiger partial charge in [-0.25, -0.2) is 4.79 Å². The summed E-state index contributed by atoms with van der Waals surface area (Å²) in [5.41, 5.74) is 0. The van der Waals surface area contributed by atoms with Crippen molar-refractivity contribution in [1.29, 1.82) is 0 Å². The van der Waals surface area contributed by atoms with Crippen LogP contribution in [0, 0.1) is 0 Å². The van der Waals surface area contributed by atoms with Gasteiger partial charge in [0, 0.05) is 26.2 Å². The number of furan rings is 1. The Balaban J connectivity index is 2.60. The Morgan fingerprint density at radius 3 is 2.80 bits per heavy atom. The summed E-state index contributed by atoms with van der Waals surface area (Å²) in [5, 5.41) is 0. The van der Waals surface area contributed by atoms with E-state index in [9.17, 15) is 4.79 Å². The zero-order chi connectivity index (χ0) is 11.3. The average molecular weight is 209 g/mol. The van der Waals surface area contributed by atoms with E-state index in [2.05, 4.69) is 0 Å². The predicted molar refractivity (Wildman–Crippen MR) is 58.7 cm³/mol. The third-order valence-corrected chi connectivity index (χ3v) is 1.72. The highest BCUT2D eigenvalue weighted by molar-refractivity contribution is 5.86. The SMILES string of the molecule is CCOC(=O)/C=C/c1ccc(N(C)C)o1. The van der Waals surface area contributed by atoms with Crippen molar-refractivity contribution in [3.8, 4) is 0 Å². The normalized spacial score (nSPS) is 10.6. The molecular weight excluding hydrogens is 194 g/mol. The number of esters is 1. The lowest BCUT2D eigenvalue weighted by Gasteiger charge is -2.05. The molecule has 0 saturated heterocycles. The summed E-state index contributed by atoms with van der Waals surface area (Å²) >= 11 is 0. The molecule has 82 valence electrons. The maximum absolute atomic E-state index is 11.0. The smallest absolute Gasteiger partial charge is 0.330 e. The van der Waals surface area contributed by atoms with Crippen LogP contribution in [-0.4, -0.2) is 26.7 Å². The zero-order valence-electron chi connectivity index (χ0n) is 9.19. The molecule has 0 radical (unpaired) electrons. The van der Waals surface area contributed by atoms with Gasteiger partial charge in [0.05, 0.1) is 6.61 Å². The quantitative estimate of drug-likeness (QED) is 0.561. The standard InChI is InChI=1S/C11H15NO3/c1-4-14-11(13)8-6-9-5-7-10(15-9)12(2)3/h5-8H,4H2,1-3H3/b8-6+. The van der Waals surface area contributed by atoms with Crippen LogP contribution in [0.1, 0.15) is 12.7 Å². The highest BCUT2D eigenvalue weighted by Gasteiger charge is 2.01.